The molecule has 0 spiro atoms. The molecule has 1 aliphatic carbocycles. The highest BCUT2D eigenvalue weighted by atomic mass is 15.2. The maximum absolute atomic E-state index is 3.66. The molecule has 0 amide bonds. The van der Waals surface area contributed by atoms with Crippen molar-refractivity contribution in [2.75, 3.05) is 39.8 Å². The standard InChI is InChI=1S/C17H35N3/c1-4-20(5-2)16-9-13-19(15-16)14-12-17(18-3)10-7-6-8-11-17/h16,18H,4-15H2,1-3H3. The van der Waals surface area contributed by atoms with Crippen LogP contribution in [0.2, 0.25) is 0 Å². The smallest absolute Gasteiger partial charge is 0.0235 e. The number of likely N-dealkylation sites (tertiary alicyclic amines) is 1. The van der Waals surface area contributed by atoms with Gasteiger partial charge < -0.3 is 10.2 Å². The maximum Gasteiger partial charge on any atom is 0.0235 e. The SMILES string of the molecule is CCN(CC)C1CCN(CCC2(NC)CCCCC2)C1. The van der Waals surface area contributed by atoms with E-state index in [0.29, 0.717) is 5.54 Å². The summed E-state index contributed by atoms with van der Waals surface area (Å²) in [6.07, 6.45) is 9.76. The number of rotatable bonds is 7. The topological polar surface area (TPSA) is 18.5 Å². The molecule has 0 bridgehead atoms. The lowest BCUT2D eigenvalue weighted by Gasteiger charge is -2.38. The fourth-order valence-electron chi connectivity index (χ4n) is 4.28. The van der Waals surface area contributed by atoms with Crippen molar-refractivity contribution >= 4 is 0 Å². The Balaban J connectivity index is 1.77. The summed E-state index contributed by atoms with van der Waals surface area (Å²) in [5, 5.41) is 3.66. The van der Waals surface area contributed by atoms with E-state index in [1.165, 1.54) is 77.7 Å². The minimum atomic E-state index is 0.450. The van der Waals surface area contributed by atoms with Crippen molar-refractivity contribution in [2.45, 2.75) is 70.4 Å². The average Bonchev–Trinajstić information content (AvgIpc) is 2.96. The number of nitrogens with zero attached hydrogens (tertiary/aromatic N) is 2. The molecule has 1 unspecified atom stereocenters. The van der Waals surface area contributed by atoms with E-state index in [2.05, 4.69) is 36.0 Å². The van der Waals surface area contributed by atoms with Gasteiger partial charge in [0.1, 0.15) is 0 Å². The van der Waals surface area contributed by atoms with Crippen LogP contribution in [0.3, 0.4) is 0 Å². The molecular formula is C17H35N3. The zero-order valence-electron chi connectivity index (χ0n) is 14.0. The molecule has 0 radical (unpaired) electrons. The Hall–Kier alpha value is -0.120. The summed E-state index contributed by atoms with van der Waals surface area (Å²) in [6.45, 7) is 10.9. The zero-order chi connectivity index (χ0) is 14.4. The second-order valence-corrected chi connectivity index (χ2v) is 6.81. The van der Waals surface area contributed by atoms with Crippen molar-refractivity contribution < 1.29 is 0 Å². The van der Waals surface area contributed by atoms with E-state index in [1.807, 2.05) is 0 Å². The van der Waals surface area contributed by atoms with Gasteiger partial charge in [-0.3, -0.25) is 4.90 Å². The molecule has 1 aliphatic heterocycles. The third-order valence-electron chi connectivity index (χ3n) is 5.82. The summed E-state index contributed by atoms with van der Waals surface area (Å²) in [5.41, 5.74) is 0.450. The van der Waals surface area contributed by atoms with Crippen LogP contribution >= 0.6 is 0 Å². The highest BCUT2D eigenvalue weighted by Crippen LogP contribution is 2.31. The molecule has 1 saturated carbocycles. The van der Waals surface area contributed by atoms with Crippen LogP contribution in [-0.2, 0) is 0 Å². The molecule has 0 aromatic carbocycles. The van der Waals surface area contributed by atoms with Crippen LogP contribution in [-0.4, -0.2) is 61.2 Å². The summed E-state index contributed by atoms with van der Waals surface area (Å²) in [7, 11) is 2.17. The molecule has 2 aliphatic rings. The van der Waals surface area contributed by atoms with Crippen LogP contribution in [0.5, 0.6) is 0 Å². The van der Waals surface area contributed by atoms with E-state index in [0.717, 1.165) is 6.04 Å². The molecule has 1 heterocycles. The quantitative estimate of drug-likeness (QED) is 0.774. The first-order chi connectivity index (χ1) is 9.73. The van der Waals surface area contributed by atoms with E-state index in [9.17, 15) is 0 Å². The normalized spacial score (nSPS) is 27.3. The highest BCUT2D eigenvalue weighted by molar-refractivity contribution is 4.92. The summed E-state index contributed by atoms with van der Waals surface area (Å²) in [5.74, 6) is 0. The van der Waals surface area contributed by atoms with Crippen LogP contribution < -0.4 is 5.32 Å². The Labute approximate surface area is 126 Å². The van der Waals surface area contributed by atoms with Crippen LogP contribution in [0.15, 0.2) is 0 Å². The van der Waals surface area contributed by atoms with E-state index in [-0.39, 0.29) is 0 Å². The van der Waals surface area contributed by atoms with Gasteiger partial charge in [-0.05, 0) is 58.9 Å². The Morgan fingerprint density at radius 2 is 1.85 bits per heavy atom. The largest absolute Gasteiger partial charge is 0.314 e. The van der Waals surface area contributed by atoms with Crippen LogP contribution in [0, 0.1) is 0 Å². The fraction of sp³-hybridized carbons (Fsp3) is 1.00. The first kappa shape index (κ1) is 16.3. The average molecular weight is 281 g/mol. The van der Waals surface area contributed by atoms with E-state index in [4.69, 9.17) is 0 Å². The van der Waals surface area contributed by atoms with Gasteiger partial charge in [0.05, 0.1) is 0 Å². The van der Waals surface area contributed by atoms with Crippen molar-refractivity contribution in [3.63, 3.8) is 0 Å². The number of hydrogen-bond donors (Lipinski definition) is 1. The number of hydrogen-bond acceptors (Lipinski definition) is 3. The van der Waals surface area contributed by atoms with Gasteiger partial charge in [-0.25, -0.2) is 0 Å². The van der Waals surface area contributed by atoms with Gasteiger partial charge >= 0.3 is 0 Å². The molecule has 1 atom stereocenters. The monoisotopic (exact) mass is 281 g/mol. The van der Waals surface area contributed by atoms with Crippen molar-refractivity contribution in [3.8, 4) is 0 Å². The second kappa shape index (κ2) is 7.77. The van der Waals surface area contributed by atoms with Gasteiger partial charge in [-0.2, -0.15) is 0 Å². The lowest BCUT2D eigenvalue weighted by molar-refractivity contribution is 0.180. The van der Waals surface area contributed by atoms with Crippen LogP contribution in [0.25, 0.3) is 0 Å². The Bertz CT molecular complexity index is 269. The molecule has 1 N–H and O–H groups in total. The first-order valence-corrected chi connectivity index (χ1v) is 8.88. The first-order valence-electron chi connectivity index (χ1n) is 8.88. The van der Waals surface area contributed by atoms with Crippen molar-refractivity contribution in [2.24, 2.45) is 0 Å². The molecule has 20 heavy (non-hydrogen) atoms. The molecule has 2 fully saturated rings. The lowest BCUT2D eigenvalue weighted by Crippen LogP contribution is -2.47. The minimum absolute atomic E-state index is 0.450. The van der Waals surface area contributed by atoms with Gasteiger partial charge in [-0.15, -0.1) is 0 Å². The third kappa shape index (κ3) is 3.96. The fourth-order valence-corrected chi connectivity index (χ4v) is 4.28. The third-order valence-corrected chi connectivity index (χ3v) is 5.82. The molecule has 0 aromatic rings. The van der Waals surface area contributed by atoms with Gasteiger partial charge in [0, 0.05) is 18.1 Å². The molecule has 2 rings (SSSR count). The van der Waals surface area contributed by atoms with Crippen molar-refractivity contribution in [1.82, 2.24) is 15.1 Å². The minimum Gasteiger partial charge on any atom is -0.314 e. The Morgan fingerprint density at radius 1 is 1.15 bits per heavy atom. The summed E-state index contributed by atoms with van der Waals surface area (Å²) in [4.78, 5) is 5.34. The molecule has 0 aromatic heterocycles. The zero-order valence-corrected chi connectivity index (χ0v) is 14.0. The lowest BCUT2D eigenvalue weighted by atomic mass is 9.79. The summed E-state index contributed by atoms with van der Waals surface area (Å²) >= 11 is 0. The predicted octanol–water partition coefficient (Wildman–Crippen LogP) is 2.71. The predicted molar refractivity (Wildman–Crippen MR) is 87.3 cm³/mol. The van der Waals surface area contributed by atoms with Crippen LogP contribution in [0.4, 0.5) is 0 Å². The van der Waals surface area contributed by atoms with Gasteiger partial charge in [0.15, 0.2) is 0 Å². The molecule has 3 heteroatoms. The van der Waals surface area contributed by atoms with Crippen molar-refractivity contribution in [3.05, 3.63) is 0 Å². The molecule has 118 valence electrons. The second-order valence-electron chi connectivity index (χ2n) is 6.81. The van der Waals surface area contributed by atoms with E-state index < -0.39 is 0 Å². The van der Waals surface area contributed by atoms with Gasteiger partial charge in [0.25, 0.3) is 0 Å². The van der Waals surface area contributed by atoms with E-state index >= 15 is 0 Å². The van der Waals surface area contributed by atoms with E-state index in [1.54, 1.807) is 0 Å². The van der Waals surface area contributed by atoms with Crippen LogP contribution in [0.1, 0.15) is 58.8 Å². The number of likely N-dealkylation sites (N-methyl/N-ethyl adjacent to an activating group) is 1. The summed E-state index contributed by atoms with van der Waals surface area (Å²) < 4.78 is 0. The molecule has 3 nitrogen and oxygen atoms in total. The summed E-state index contributed by atoms with van der Waals surface area (Å²) in [6, 6.07) is 0.807. The molecular weight excluding hydrogens is 246 g/mol. The Morgan fingerprint density at radius 3 is 2.45 bits per heavy atom. The number of nitrogens with one attached hydrogen (secondary N) is 1. The Kier molecular flexibility index (Phi) is 6.31. The maximum atomic E-state index is 3.66. The van der Waals surface area contributed by atoms with Gasteiger partial charge in [-0.1, -0.05) is 33.1 Å². The highest BCUT2D eigenvalue weighted by Gasteiger charge is 2.32. The molecule has 1 saturated heterocycles. The van der Waals surface area contributed by atoms with Gasteiger partial charge in [0.2, 0.25) is 0 Å². The van der Waals surface area contributed by atoms with Crippen molar-refractivity contribution in [1.29, 1.82) is 0 Å².